The number of hydrogen-bond acceptors (Lipinski definition) is 4. The summed E-state index contributed by atoms with van der Waals surface area (Å²) in [7, 11) is 0. The molecule has 0 bridgehead atoms. The molecule has 3 rings (SSSR count). The minimum atomic E-state index is 0.784. The number of rotatable bonds is 4. The van der Waals surface area contributed by atoms with Crippen LogP contribution in [0.3, 0.4) is 0 Å². The fourth-order valence-electron chi connectivity index (χ4n) is 2.59. The highest BCUT2D eigenvalue weighted by Gasteiger charge is 2.19. The zero-order valence-corrected chi connectivity index (χ0v) is 13.4. The number of hydrogen-bond donors (Lipinski definition) is 1. The number of nitrogens with one attached hydrogen (secondary N) is 1. The van der Waals surface area contributed by atoms with E-state index in [0.29, 0.717) is 0 Å². The van der Waals surface area contributed by atoms with E-state index < -0.39 is 0 Å². The van der Waals surface area contributed by atoms with Crippen LogP contribution in [0.2, 0.25) is 0 Å². The summed E-state index contributed by atoms with van der Waals surface area (Å²) in [5, 5.41) is 5.22. The van der Waals surface area contributed by atoms with Gasteiger partial charge in [-0.25, -0.2) is 4.98 Å². The van der Waals surface area contributed by atoms with Gasteiger partial charge in [0.2, 0.25) is 5.13 Å². The van der Waals surface area contributed by atoms with Crippen molar-refractivity contribution in [3.63, 3.8) is 0 Å². The Morgan fingerprint density at radius 3 is 2.95 bits per heavy atom. The number of fused-ring (bicyclic) bond motifs is 1. The van der Waals surface area contributed by atoms with E-state index in [4.69, 9.17) is 0 Å². The molecule has 1 heterocycles. The standard InChI is InChI=1S/C17H21N3S/c1-3-13-5-7-14(8-6-13)11-18-20-17-19-15-9-4-12(2)10-16(15)21-17/h5-8,11-12H,3-4,9-10H2,1-2H3,(H,19,20)/b18-11+/t12-/m1/s1. The molecule has 0 amide bonds. The smallest absolute Gasteiger partial charge is 0.203 e. The topological polar surface area (TPSA) is 37.3 Å². The van der Waals surface area contributed by atoms with Crippen molar-refractivity contribution in [1.29, 1.82) is 0 Å². The first-order valence-electron chi connectivity index (χ1n) is 7.61. The lowest BCUT2D eigenvalue weighted by molar-refractivity contribution is 0.502. The second-order valence-electron chi connectivity index (χ2n) is 5.70. The highest BCUT2D eigenvalue weighted by molar-refractivity contribution is 7.15. The molecule has 0 fully saturated rings. The Balaban J connectivity index is 1.63. The number of nitrogens with zero attached hydrogens (tertiary/aromatic N) is 2. The minimum absolute atomic E-state index is 0.784. The van der Waals surface area contributed by atoms with Crippen LogP contribution < -0.4 is 5.43 Å². The van der Waals surface area contributed by atoms with Crippen LogP contribution in [0.5, 0.6) is 0 Å². The molecule has 1 atom stereocenters. The van der Waals surface area contributed by atoms with E-state index >= 15 is 0 Å². The van der Waals surface area contributed by atoms with Crippen molar-refractivity contribution in [2.75, 3.05) is 5.43 Å². The molecular weight excluding hydrogens is 278 g/mol. The van der Waals surface area contributed by atoms with Crippen LogP contribution in [0.1, 0.15) is 42.0 Å². The normalized spacial score (nSPS) is 17.9. The van der Waals surface area contributed by atoms with Gasteiger partial charge >= 0.3 is 0 Å². The molecule has 1 aliphatic rings. The van der Waals surface area contributed by atoms with Crippen molar-refractivity contribution in [2.45, 2.75) is 39.5 Å². The van der Waals surface area contributed by atoms with Crippen molar-refractivity contribution < 1.29 is 0 Å². The van der Waals surface area contributed by atoms with Gasteiger partial charge in [-0.1, -0.05) is 38.1 Å². The molecule has 3 nitrogen and oxygen atoms in total. The Morgan fingerprint density at radius 1 is 1.38 bits per heavy atom. The predicted molar refractivity (Wildman–Crippen MR) is 90.3 cm³/mol. The van der Waals surface area contributed by atoms with Gasteiger partial charge in [-0.05, 0) is 42.7 Å². The van der Waals surface area contributed by atoms with Crippen molar-refractivity contribution >= 4 is 22.7 Å². The van der Waals surface area contributed by atoms with E-state index in [1.807, 2.05) is 6.21 Å². The van der Waals surface area contributed by atoms with Gasteiger partial charge in [-0.15, -0.1) is 11.3 Å². The first-order chi connectivity index (χ1) is 10.2. The second-order valence-corrected chi connectivity index (χ2v) is 6.79. The number of anilines is 1. The lowest BCUT2D eigenvalue weighted by Crippen LogP contribution is -2.09. The van der Waals surface area contributed by atoms with Crippen LogP contribution in [-0.4, -0.2) is 11.2 Å². The predicted octanol–water partition coefficient (Wildman–Crippen LogP) is 4.28. The fourth-order valence-corrected chi connectivity index (χ4v) is 3.71. The van der Waals surface area contributed by atoms with Crippen LogP contribution in [0.15, 0.2) is 29.4 Å². The summed E-state index contributed by atoms with van der Waals surface area (Å²) in [4.78, 5) is 6.07. The summed E-state index contributed by atoms with van der Waals surface area (Å²) in [5.74, 6) is 0.784. The van der Waals surface area contributed by atoms with Gasteiger partial charge in [0, 0.05) is 4.88 Å². The van der Waals surface area contributed by atoms with Gasteiger partial charge < -0.3 is 0 Å². The Labute approximate surface area is 130 Å². The summed E-state index contributed by atoms with van der Waals surface area (Å²) in [6.45, 7) is 4.48. The Bertz CT molecular complexity index is 628. The van der Waals surface area contributed by atoms with Gasteiger partial charge in [0.05, 0.1) is 11.9 Å². The number of aryl methyl sites for hydroxylation is 2. The molecule has 2 aromatic rings. The van der Waals surface area contributed by atoms with Gasteiger partial charge in [0.25, 0.3) is 0 Å². The number of aromatic nitrogens is 1. The highest BCUT2D eigenvalue weighted by Crippen LogP contribution is 2.31. The van der Waals surface area contributed by atoms with E-state index in [1.165, 1.54) is 22.6 Å². The quantitative estimate of drug-likeness (QED) is 0.676. The third kappa shape index (κ3) is 3.50. The summed E-state index contributed by atoms with van der Waals surface area (Å²) in [6.07, 6.45) is 6.44. The van der Waals surface area contributed by atoms with E-state index in [1.54, 1.807) is 11.3 Å². The zero-order valence-electron chi connectivity index (χ0n) is 12.6. The van der Waals surface area contributed by atoms with Crippen LogP contribution in [0.25, 0.3) is 0 Å². The Morgan fingerprint density at radius 2 is 2.19 bits per heavy atom. The molecule has 0 aliphatic heterocycles. The minimum Gasteiger partial charge on any atom is -0.253 e. The molecule has 0 spiro atoms. The monoisotopic (exact) mass is 299 g/mol. The van der Waals surface area contributed by atoms with Crippen LogP contribution in [0, 0.1) is 5.92 Å². The SMILES string of the molecule is CCc1ccc(/C=N/Nc2nc3c(s2)C[C@H](C)CC3)cc1. The summed E-state index contributed by atoms with van der Waals surface area (Å²) in [6, 6.07) is 8.48. The van der Waals surface area contributed by atoms with Crippen LogP contribution in [-0.2, 0) is 19.3 Å². The summed E-state index contributed by atoms with van der Waals surface area (Å²) >= 11 is 1.74. The van der Waals surface area contributed by atoms with Gasteiger partial charge in [-0.3, -0.25) is 5.43 Å². The number of benzene rings is 1. The van der Waals surface area contributed by atoms with Crippen molar-refractivity contribution in [1.82, 2.24) is 4.98 Å². The van der Waals surface area contributed by atoms with E-state index in [9.17, 15) is 0 Å². The lowest BCUT2D eigenvalue weighted by Gasteiger charge is -2.15. The fraction of sp³-hybridized carbons (Fsp3) is 0.412. The first kappa shape index (κ1) is 14.3. The largest absolute Gasteiger partial charge is 0.253 e. The molecular formula is C17H21N3S. The second kappa shape index (κ2) is 6.39. The highest BCUT2D eigenvalue weighted by atomic mass is 32.1. The number of thiazole rings is 1. The average molecular weight is 299 g/mol. The maximum atomic E-state index is 4.64. The maximum absolute atomic E-state index is 4.64. The molecule has 0 saturated heterocycles. The van der Waals surface area contributed by atoms with E-state index in [-0.39, 0.29) is 0 Å². The van der Waals surface area contributed by atoms with Crippen LogP contribution >= 0.6 is 11.3 Å². The average Bonchev–Trinajstić information content (AvgIpc) is 2.89. The molecule has 0 radical (unpaired) electrons. The first-order valence-corrected chi connectivity index (χ1v) is 8.43. The van der Waals surface area contributed by atoms with Gasteiger partial charge in [0.1, 0.15) is 0 Å². The third-order valence-corrected chi connectivity index (χ3v) is 4.97. The van der Waals surface area contributed by atoms with Crippen molar-refractivity contribution in [3.8, 4) is 0 Å². The molecule has 4 heteroatoms. The molecule has 1 aromatic carbocycles. The van der Waals surface area contributed by atoms with Crippen molar-refractivity contribution in [3.05, 3.63) is 46.0 Å². The Kier molecular flexibility index (Phi) is 4.34. The molecule has 110 valence electrons. The number of hydrazone groups is 1. The Hall–Kier alpha value is -1.68. The molecule has 1 aromatic heterocycles. The zero-order chi connectivity index (χ0) is 14.7. The summed E-state index contributed by atoms with van der Waals surface area (Å²) < 4.78 is 0. The molecule has 1 N–H and O–H groups in total. The molecule has 1 aliphatic carbocycles. The molecule has 0 saturated carbocycles. The van der Waals surface area contributed by atoms with Gasteiger partial charge in [0.15, 0.2) is 0 Å². The maximum Gasteiger partial charge on any atom is 0.203 e. The van der Waals surface area contributed by atoms with E-state index in [0.717, 1.165) is 35.9 Å². The lowest BCUT2D eigenvalue weighted by atomic mass is 9.93. The third-order valence-electron chi connectivity index (χ3n) is 3.95. The van der Waals surface area contributed by atoms with Crippen LogP contribution in [0.4, 0.5) is 5.13 Å². The van der Waals surface area contributed by atoms with E-state index in [2.05, 4.69) is 53.6 Å². The van der Waals surface area contributed by atoms with Gasteiger partial charge in [-0.2, -0.15) is 5.10 Å². The molecule has 0 unspecified atom stereocenters. The van der Waals surface area contributed by atoms with Crippen molar-refractivity contribution in [2.24, 2.45) is 11.0 Å². The summed E-state index contributed by atoms with van der Waals surface area (Å²) in [5.41, 5.74) is 6.79. The molecule has 21 heavy (non-hydrogen) atoms.